The third kappa shape index (κ3) is 8.54. The molecule has 0 aromatic heterocycles. The maximum Gasteiger partial charge on any atom is 0.310 e. The first-order valence-electron chi connectivity index (χ1n) is 8.29. The number of carbonyl (C=O) groups is 1. The van der Waals surface area contributed by atoms with Gasteiger partial charge in [-0.3, -0.25) is 4.79 Å². The zero-order valence-electron chi connectivity index (χ0n) is 15.4. The summed E-state index contributed by atoms with van der Waals surface area (Å²) in [5, 5.41) is 0.211. The molecule has 0 saturated heterocycles. The summed E-state index contributed by atoms with van der Waals surface area (Å²) in [5.74, 6) is -0.175. The summed E-state index contributed by atoms with van der Waals surface area (Å²) in [5.41, 5.74) is 0. The van der Waals surface area contributed by atoms with Gasteiger partial charge in [-0.1, -0.05) is 52.8 Å². The smallest absolute Gasteiger partial charge is 0.310 e. The molecule has 0 saturated carbocycles. The molecule has 22 heavy (non-hydrogen) atoms. The molecule has 0 aromatic carbocycles. The van der Waals surface area contributed by atoms with Gasteiger partial charge < -0.3 is 9.16 Å². The number of rotatable bonds is 9. The van der Waals surface area contributed by atoms with E-state index in [1.165, 1.54) is 0 Å². The summed E-state index contributed by atoms with van der Waals surface area (Å²) < 4.78 is 11.5. The van der Waals surface area contributed by atoms with Crippen LogP contribution in [0.1, 0.15) is 53.9 Å². The van der Waals surface area contributed by atoms with E-state index in [-0.39, 0.29) is 17.1 Å². The molecule has 128 valence electrons. The number of allylic oxidation sites excluding steroid dienone is 1. The van der Waals surface area contributed by atoms with Crippen LogP contribution in [0, 0.1) is 0 Å². The van der Waals surface area contributed by atoms with Crippen LogP contribution >= 0.6 is 0 Å². The lowest BCUT2D eigenvalue weighted by molar-refractivity contribution is -0.145. The summed E-state index contributed by atoms with van der Waals surface area (Å²) in [4.78, 5) is 11.7. The molecule has 3 nitrogen and oxygen atoms in total. The van der Waals surface area contributed by atoms with Gasteiger partial charge in [0.05, 0.1) is 13.0 Å². The van der Waals surface area contributed by atoms with E-state index >= 15 is 0 Å². The van der Waals surface area contributed by atoms with Crippen LogP contribution in [-0.4, -0.2) is 27.0 Å². The molecule has 0 rings (SSSR count). The minimum atomic E-state index is -1.71. The van der Waals surface area contributed by atoms with Crippen molar-refractivity contribution in [2.75, 3.05) is 6.61 Å². The van der Waals surface area contributed by atoms with Gasteiger partial charge in [0.15, 0.2) is 8.32 Å². The number of hydrogen-bond donors (Lipinski definition) is 0. The van der Waals surface area contributed by atoms with E-state index in [0.717, 1.165) is 12.8 Å². The van der Waals surface area contributed by atoms with E-state index in [1.807, 2.05) is 38.2 Å². The lowest BCUT2D eigenvalue weighted by Crippen LogP contribution is -2.40. The van der Waals surface area contributed by atoms with Crippen molar-refractivity contribution < 1.29 is 14.0 Å². The van der Waals surface area contributed by atoms with Crippen LogP contribution in [0.2, 0.25) is 18.1 Å². The Morgan fingerprint density at radius 3 is 2.27 bits per heavy atom. The van der Waals surface area contributed by atoms with Crippen molar-refractivity contribution >= 4 is 14.3 Å². The molecule has 0 aliphatic rings. The molecule has 0 N–H and O–H groups in total. The van der Waals surface area contributed by atoms with Gasteiger partial charge in [-0.2, -0.15) is 0 Å². The predicted molar refractivity (Wildman–Crippen MR) is 96.5 cm³/mol. The zero-order chi connectivity index (χ0) is 17.2. The number of ether oxygens (including phenoxy) is 1. The van der Waals surface area contributed by atoms with Crippen molar-refractivity contribution in [2.45, 2.75) is 78.1 Å². The van der Waals surface area contributed by atoms with Gasteiger partial charge in [0.25, 0.3) is 0 Å². The van der Waals surface area contributed by atoms with Crippen LogP contribution in [-0.2, 0) is 14.0 Å². The minimum absolute atomic E-state index is 0.162. The van der Waals surface area contributed by atoms with E-state index in [9.17, 15) is 4.79 Å². The van der Waals surface area contributed by atoms with E-state index in [1.54, 1.807) is 0 Å². The Labute approximate surface area is 137 Å². The van der Waals surface area contributed by atoms with Crippen molar-refractivity contribution in [1.29, 1.82) is 0 Å². The Kier molecular flexibility index (Phi) is 9.61. The molecule has 0 heterocycles. The molecule has 0 aliphatic heterocycles. The predicted octanol–water partition coefficient (Wildman–Crippen LogP) is 5.24. The topological polar surface area (TPSA) is 35.5 Å². The van der Waals surface area contributed by atoms with Crippen LogP contribution in [0.5, 0.6) is 0 Å². The van der Waals surface area contributed by atoms with Crippen LogP contribution in [0.25, 0.3) is 0 Å². The van der Waals surface area contributed by atoms with Gasteiger partial charge in [-0.15, -0.1) is 0 Å². The second kappa shape index (κ2) is 10.0. The van der Waals surface area contributed by atoms with Crippen molar-refractivity contribution in [3.63, 3.8) is 0 Å². The maximum atomic E-state index is 11.7. The highest BCUT2D eigenvalue weighted by Gasteiger charge is 2.36. The number of esters is 1. The highest BCUT2D eigenvalue weighted by molar-refractivity contribution is 6.74. The fourth-order valence-electron chi connectivity index (χ4n) is 1.50. The highest BCUT2D eigenvalue weighted by atomic mass is 28.4. The summed E-state index contributed by atoms with van der Waals surface area (Å²) >= 11 is 0. The van der Waals surface area contributed by atoms with Gasteiger partial charge in [-0.05, 0) is 37.0 Å². The highest BCUT2D eigenvalue weighted by Crippen LogP contribution is 2.36. The average molecular weight is 327 g/mol. The fourth-order valence-corrected chi connectivity index (χ4v) is 2.45. The Morgan fingerprint density at radius 2 is 1.77 bits per heavy atom. The SMILES string of the molecule is CC/C=C/CC(=O)OC(/C=C\CO[Si](C)(C)C(C)(C)C)CC. The molecule has 1 atom stereocenters. The minimum Gasteiger partial charge on any atom is -0.458 e. The van der Waals surface area contributed by atoms with E-state index < -0.39 is 8.32 Å². The first-order chi connectivity index (χ1) is 10.1. The van der Waals surface area contributed by atoms with Crippen LogP contribution in [0.15, 0.2) is 24.3 Å². The van der Waals surface area contributed by atoms with Gasteiger partial charge in [0.2, 0.25) is 0 Å². The van der Waals surface area contributed by atoms with Crippen molar-refractivity contribution in [2.24, 2.45) is 0 Å². The van der Waals surface area contributed by atoms with Gasteiger partial charge in [0.1, 0.15) is 6.10 Å². The largest absolute Gasteiger partial charge is 0.458 e. The quantitative estimate of drug-likeness (QED) is 0.330. The molecule has 0 radical (unpaired) electrons. The van der Waals surface area contributed by atoms with Gasteiger partial charge in [0, 0.05) is 0 Å². The summed E-state index contributed by atoms with van der Waals surface area (Å²) in [6.07, 6.45) is 9.65. The molecule has 0 aliphatic carbocycles. The van der Waals surface area contributed by atoms with E-state index in [2.05, 4.69) is 33.9 Å². The van der Waals surface area contributed by atoms with E-state index in [4.69, 9.17) is 9.16 Å². The van der Waals surface area contributed by atoms with Crippen LogP contribution < -0.4 is 0 Å². The maximum absolute atomic E-state index is 11.7. The molecule has 0 bridgehead atoms. The lowest BCUT2D eigenvalue weighted by Gasteiger charge is -2.35. The summed E-state index contributed by atoms with van der Waals surface area (Å²) in [6, 6.07) is 0. The Balaban J connectivity index is 4.28. The molecule has 0 aromatic rings. The average Bonchev–Trinajstić information content (AvgIpc) is 2.41. The number of carbonyl (C=O) groups excluding carboxylic acids is 1. The first kappa shape index (κ1) is 21.1. The molecule has 0 spiro atoms. The van der Waals surface area contributed by atoms with Crippen LogP contribution in [0.4, 0.5) is 0 Å². The van der Waals surface area contributed by atoms with Crippen LogP contribution in [0.3, 0.4) is 0 Å². The normalized spacial score (nSPS) is 14.7. The molecule has 0 amide bonds. The summed E-state index contributed by atoms with van der Waals surface area (Å²) in [6.45, 7) is 15.8. The summed E-state index contributed by atoms with van der Waals surface area (Å²) in [7, 11) is -1.71. The van der Waals surface area contributed by atoms with Crippen molar-refractivity contribution in [1.82, 2.24) is 0 Å². The molecular formula is C18H34O3Si. The Hall–Kier alpha value is -0.873. The number of hydrogen-bond acceptors (Lipinski definition) is 3. The zero-order valence-corrected chi connectivity index (χ0v) is 16.4. The van der Waals surface area contributed by atoms with Gasteiger partial charge >= 0.3 is 5.97 Å². The standard InChI is InChI=1S/C18H34O3Si/c1-8-10-11-14-17(19)21-16(9-2)13-12-15-20-22(6,7)18(3,4)5/h10-13,16H,8-9,14-15H2,1-7H3/b11-10+,13-12-. The second-order valence-corrected chi connectivity index (χ2v) is 11.8. The Bertz CT molecular complexity index is 378. The first-order valence-corrected chi connectivity index (χ1v) is 11.2. The molecular weight excluding hydrogens is 292 g/mol. The molecule has 4 heteroatoms. The van der Waals surface area contributed by atoms with Crippen molar-refractivity contribution in [3.05, 3.63) is 24.3 Å². The third-order valence-corrected chi connectivity index (χ3v) is 8.57. The van der Waals surface area contributed by atoms with E-state index in [0.29, 0.717) is 13.0 Å². The van der Waals surface area contributed by atoms with Crippen molar-refractivity contribution in [3.8, 4) is 0 Å². The molecule has 1 unspecified atom stereocenters. The monoisotopic (exact) mass is 326 g/mol. The lowest BCUT2D eigenvalue weighted by atomic mass is 10.2. The fraction of sp³-hybridized carbons (Fsp3) is 0.722. The molecule has 0 fully saturated rings. The Morgan fingerprint density at radius 1 is 1.14 bits per heavy atom. The third-order valence-electron chi connectivity index (χ3n) is 4.07. The second-order valence-electron chi connectivity index (χ2n) is 7.02. The van der Waals surface area contributed by atoms with Gasteiger partial charge in [-0.25, -0.2) is 0 Å².